The van der Waals surface area contributed by atoms with Crippen LogP contribution in [-0.4, -0.2) is 17.9 Å². The highest BCUT2D eigenvalue weighted by Gasteiger charge is 2.39. The van der Waals surface area contributed by atoms with E-state index in [1.807, 2.05) is 30.3 Å². The molecule has 0 saturated carbocycles. The normalized spacial score (nSPS) is 17.9. The second-order valence-electron chi connectivity index (χ2n) is 4.93. The molecule has 3 rings (SSSR count). The van der Waals surface area contributed by atoms with E-state index in [0.29, 0.717) is 15.7 Å². The van der Waals surface area contributed by atoms with Crippen LogP contribution in [0.1, 0.15) is 6.42 Å². The van der Waals surface area contributed by atoms with Crippen molar-refractivity contribution in [3.8, 4) is 0 Å². The standard InChI is InChI=1S/C16H12Cl2N2O2/c17-12-7-6-11(8-13(12)18)20-15(21)9-14(16(20)22)19-10-4-2-1-3-5-10/h1-8,14,19H,9H2/t14-/m0/s1. The molecule has 0 radical (unpaired) electrons. The first kappa shape index (κ1) is 14.9. The van der Waals surface area contributed by atoms with Gasteiger partial charge in [0.05, 0.1) is 22.2 Å². The van der Waals surface area contributed by atoms with E-state index in [9.17, 15) is 9.59 Å². The summed E-state index contributed by atoms with van der Waals surface area (Å²) < 4.78 is 0. The summed E-state index contributed by atoms with van der Waals surface area (Å²) in [5.74, 6) is -0.566. The lowest BCUT2D eigenvalue weighted by molar-refractivity contribution is -0.121. The van der Waals surface area contributed by atoms with Crippen molar-refractivity contribution in [2.75, 3.05) is 10.2 Å². The van der Waals surface area contributed by atoms with Crippen molar-refractivity contribution in [2.24, 2.45) is 0 Å². The van der Waals surface area contributed by atoms with E-state index in [2.05, 4.69) is 5.32 Å². The molecule has 1 aliphatic heterocycles. The van der Waals surface area contributed by atoms with Gasteiger partial charge in [-0.25, -0.2) is 4.90 Å². The van der Waals surface area contributed by atoms with Crippen molar-refractivity contribution < 1.29 is 9.59 Å². The first-order chi connectivity index (χ1) is 10.6. The van der Waals surface area contributed by atoms with Crippen LogP contribution in [0, 0.1) is 0 Å². The minimum Gasteiger partial charge on any atom is -0.373 e. The molecule has 22 heavy (non-hydrogen) atoms. The summed E-state index contributed by atoms with van der Waals surface area (Å²) in [5.41, 5.74) is 1.23. The van der Waals surface area contributed by atoms with Crippen LogP contribution in [0.5, 0.6) is 0 Å². The fourth-order valence-electron chi connectivity index (χ4n) is 2.38. The van der Waals surface area contributed by atoms with Gasteiger partial charge in [-0.1, -0.05) is 41.4 Å². The van der Waals surface area contributed by atoms with E-state index < -0.39 is 6.04 Å². The fraction of sp³-hybridized carbons (Fsp3) is 0.125. The lowest BCUT2D eigenvalue weighted by Crippen LogP contribution is -2.34. The molecule has 1 aliphatic rings. The van der Waals surface area contributed by atoms with Crippen molar-refractivity contribution >= 4 is 46.4 Å². The van der Waals surface area contributed by atoms with Crippen molar-refractivity contribution in [2.45, 2.75) is 12.5 Å². The van der Waals surface area contributed by atoms with Gasteiger partial charge in [0.25, 0.3) is 5.91 Å². The number of para-hydroxylation sites is 1. The zero-order valence-corrected chi connectivity index (χ0v) is 12.9. The molecule has 0 bridgehead atoms. The van der Waals surface area contributed by atoms with Crippen LogP contribution >= 0.6 is 23.2 Å². The van der Waals surface area contributed by atoms with Gasteiger partial charge in [-0.15, -0.1) is 0 Å². The highest BCUT2D eigenvalue weighted by atomic mass is 35.5. The van der Waals surface area contributed by atoms with Crippen LogP contribution in [0.2, 0.25) is 10.0 Å². The predicted octanol–water partition coefficient (Wildman–Crippen LogP) is 3.74. The first-order valence-electron chi connectivity index (χ1n) is 6.69. The highest BCUT2D eigenvalue weighted by molar-refractivity contribution is 6.42. The van der Waals surface area contributed by atoms with Gasteiger partial charge in [-0.05, 0) is 30.3 Å². The number of hydrogen-bond acceptors (Lipinski definition) is 3. The Kier molecular flexibility index (Phi) is 4.05. The Morgan fingerprint density at radius 1 is 1.00 bits per heavy atom. The molecular weight excluding hydrogens is 323 g/mol. The summed E-state index contributed by atoms with van der Waals surface area (Å²) in [5, 5.41) is 3.76. The smallest absolute Gasteiger partial charge is 0.256 e. The monoisotopic (exact) mass is 334 g/mol. The number of anilines is 2. The molecule has 0 aliphatic carbocycles. The maximum absolute atomic E-state index is 12.5. The van der Waals surface area contributed by atoms with E-state index in [1.54, 1.807) is 12.1 Å². The van der Waals surface area contributed by atoms with Crippen molar-refractivity contribution in [1.29, 1.82) is 0 Å². The van der Waals surface area contributed by atoms with Crippen molar-refractivity contribution in [3.63, 3.8) is 0 Å². The molecule has 6 heteroatoms. The summed E-state index contributed by atoms with van der Waals surface area (Å²) >= 11 is 11.8. The third-order valence-electron chi connectivity index (χ3n) is 3.42. The van der Waals surface area contributed by atoms with Crippen LogP contribution < -0.4 is 10.2 Å². The lowest BCUT2D eigenvalue weighted by atomic mass is 10.2. The fourth-order valence-corrected chi connectivity index (χ4v) is 2.67. The summed E-state index contributed by atoms with van der Waals surface area (Å²) in [7, 11) is 0. The maximum Gasteiger partial charge on any atom is 0.256 e. The van der Waals surface area contributed by atoms with Crippen LogP contribution in [-0.2, 0) is 9.59 Å². The molecule has 0 unspecified atom stereocenters. The lowest BCUT2D eigenvalue weighted by Gasteiger charge is -2.16. The molecule has 2 aromatic rings. The molecule has 1 N–H and O–H groups in total. The Morgan fingerprint density at radius 3 is 2.41 bits per heavy atom. The largest absolute Gasteiger partial charge is 0.373 e. The van der Waals surface area contributed by atoms with Crippen molar-refractivity contribution in [1.82, 2.24) is 0 Å². The zero-order valence-electron chi connectivity index (χ0n) is 11.4. The van der Waals surface area contributed by atoms with E-state index in [4.69, 9.17) is 23.2 Å². The third-order valence-corrected chi connectivity index (χ3v) is 4.16. The number of carbonyl (C=O) groups is 2. The predicted molar refractivity (Wildman–Crippen MR) is 87.4 cm³/mol. The number of hydrogen-bond donors (Lipinski definition) is 1. The molecule has 2 aromatic carbocycles. The molecule has 1 fully saturated rings. The van der Waals surface area contributed by atoms with Gasteiger partial charge in [-0.3, -0.25) is 9.59 Å². The van der Waals surface area contributed by atoms with E-state index >= 15 is 0 Å². The Bertz CT molecular complexity index is 734. The van der Waals surface area contributed by atoms with Gasteiger partial charge in [0, 0.05) is 5.69 Å². The Balaban J connectivity index is 1.83. The molecule has 112 valence electrons. The third kappa shape index (κ3) is 2.80. The molecule has 1 saturated heterocycles. The van der Waals surface area contributed by atoms with Crippen LogP contribution in [0.25, 0.3) is 0 Å². The summed E-state index contributed by atoms with van der Waals surface area (Å²) in [4.78, 5) is 25.8. The molecular formula is C16H12Cl2N2O2. The van der Waals surface area contributed by atoms with Gasteiger partial charge >= 0.3 is 0 Å². The van der Waals surface area contributed by atoms with E-state index in [-0.39, 0.29) is 18.2 Å². The van der Waals surface area contributed by atoms with Gasteiger partial charge in [-0.2, -0.15) is 0 Å². The minimum absolute atomic E-state index is 0.105. The van der Waals surface area contributed by atoms with E-state index in [0.717, 1.165) is 10.6 Å². The number of amides is 2. The molecule has 0 spiro atoms. The number of carbonyl (C=O) groups excluding carboxylic acids is 2. The van der Waals surface area contributed by atoms with Gasteiger partial charge < -0.3 is 5.32 Å². The topological polar surface area (TPSA) is 49.4 Å². The summed E-state index contributed by atoms with van der Waals surface area (Å²) in [6, 6.07) is 13.4. The Morgan fingerprint density at radius 2 is 1.73 bits per heavy atom. The molecule has 1 heterocycles. The Hall–Kier alpha value is -2.04. The summed E-state index contributed by atoms with van der Waals surface area (Å²) in [6.07, 6.45) is 0.105. The number of imide groups is 1. The average molecular weight is 335 g/mol. The van der Waals surface area contributed by atoms with Crippen LogP contribution in [0.4, 0.5) is 11.4 Å². The average Bonchev–Trinajstić information content (AvgIpc) is 2.78. The molecule has 0 aromatic heterocycles. The molecule has 4 nitrogen and oxygen atoms in total. The van der Waals surface area contributed by atoms with E-state index in [1.165, 1.54) is 6.07 Å². The zero-order chi connectivity index (χ0) is 15.7. The van der Waals surface area contributed by atoms with Crippen LogP contribution in [0.15, 0.2) is 48.5 Å². The first-order valence-corrected chi connectivity index (χ1v) is 7.45. The number of nitrogens with zero attached hydrogens (tertiary/aromatic N) is 1. The number of nitrogens with one attached hydrogen (secondary N) is 1. The Labute approximate surface area is 137 Å². The van der Waals surface area contributed by atoms with Gasteiger partial charge in [0.15, 0.2) is 0 Å². The molecule has 1 atom stereocenters. The second-order valence-corrected chi connectivity index (χ2v) is 5.75. The maximum atomic E-state index is 12.5. The van der Waals surface area contributed by atoms with Gasteiger partial charge in [0.1, 0.15) is 6.04 Å². The SMILES string of the molecule is O=C1C[C@H](Nc2ccccc2)C(=O)N1c1ccc(Cl)c(Cl)c1. The second kappa shape index (κ2) is 5.99. The number of benzene rings is 2. The number of halogens is 2. The quantitative estimate of drug-likeness (QED) is 0.870. The molecule has 2 amide bonds. The summed E-state index contributed by atoms with van der Waals surface area (Å²) in [6.45, 7) is 0. The number of rotatable bonds is 3. The van der Waals surface area contributed by atoms with Crippen molar-refractivity contribution in [3.05, 3.63) is 58.6 Å². The van der Waals surface area contributed by atoms with Gasteiger partial charge in [0.2, 0.25) is 5.91 Å². The highest BCUT2D eigenvalue weighted by Crippen LogP contribution is 2.30. The van der Waals surface area contributed by atoms with Crippen LogP contribution in [0.3, 0.4) is 0 Å². The minimum atomic E-state index is -0.579.